The number of anilines is 1. The third-order valence-electron chi connectivity index (χ3n) is 5.37. The number of hydrogen-bond acceptors (Lipinski definition) is 6. The lowest BCUT2D eigenvalue weighted by molar-refractivity contribution is 0.0473. The Kier molecular flexibility index (Phi) is 6.47. The first-order valence-corrected chi connectivity index (χ1v) is 11.8. The van der Waals surface area contributed by atoms with E-state index in [0.717, 1.165) is 28.9 Å². The molecule has 0 fully saturated rings. The van der Waals surface area contributed by atoms with Crippen molar-refractivity contribution in [2.75, 3.05) is 11.9 Å². The van der Waals surface area contributed by atoms with Crippen LogP contribution in [0.15, 0.2) is 95.8 Å². The largest absolute Gasteiger partial charge is 0.462 e. The van der Waals surface area contributed by atoms with Gasteiger partial charge >= 0.3 is 0 Å². The molecule has 2 aromatic carbocycles. The minimum absolute atomic E-state index is 0.00377. The molecule has 35 heavy (non-hydrogen) atoms. The number of nitrogens with zero attached hydrogens (tertiary/aromatic N) is 4. The summed E-state index contributed by atoms with van der Waals surface area (Å²) in [6, 6.07) is 15.2. The quantitative estimate of drug-likeness (QED) is 0.467. The van der Waals surface area contributed by atoms with Crippen LogP contribution in [0.2, 0.25) is 0 Å². The van der Waals surface area contributed by atoms with Gasteiger partial charge in [-0.1, -0.05) is 39.6 Å². The molecule has 0 amide bonds. The Bertz CT molecular complexity index is 1300. The maximum absolute atomic E-state index is 13.6. The Morgan fingerprint density at radius 2 is 1.94 bits per heavy atom. The van der Waals surface area contributed by atoms with Gasteiger partial charge in [0.15, 0.2) is 5.82 Å². The molecule has 2 aliphatic rings. The topological polar surface area (TPSA) is 73.6 Å². The van der Waals surface area contributed by atoms with E-state index in [1.165, 1.54) is 6.92 Å². The molecule has 3 atom stereocenters. The van der Waals surface area contributed by atoms with Crippen LogP contribution in [0.3, 0.4) is 0 Å². The molecular weight excluding hydrogens is 464 g/mol. The number of ether oxygens (including phenoxy) is 2. The van der Waals surface area contributed by atoms with Crippen LogP contribution in [0.5, 0.6) is 5.75 Å². The van der Waals surface area contributed by atoms with Crippen molar-refractivity contribution < 1.29 is 13.9 Å². The van der Waals surface area contributed by atoms with Crippen molar-refractivity contribution in [3.8, 4) is 22.8 Å². The van der Waals surface area contributed by atoms with E-state index in [2.05, 4.69) is 38.6 Å². The molecule has 1 aliphatic heterocycles. The van der Waals surface area contributed by atoms with E-state index in [1.54, 1.807) is 35.3 Å². The highest BCUT2D eigenvalue weighted by atomic mass is 31.0. The van der Waals surface area contributed by atoms with Crippen molar-refractivity contribution in [3.63, 3.8) is 0 Å². The zero-order valence-corrected chi connectivity index (χ0v) is 20.3. The van der Waals surface area contributed by atoms with Crippen LogP contribution in [0.25, 0.3) is 17.1 Å². The molecule has 7 nitrogen and oxygen atoms in total. The molecule has 0 saturated carbocycles. The van der Waals surface area contributed by atoms with Crippen molar-refractivity contribution in [3.05, 3.63) is 90.8 Å². The van der Waals surface area contributed by atoms with E-state index in [1.807, 2.05) is 45.7 Å². The number of nitrogens with one attached hydrogen (secondary N) is 1. The fourth-order valence-electron chi connectivity index (χ4n) is 3.70. The Morgan fingerprint density at radius 1 is 1.14 bits per heavy atom. The lowest BCUT2D eigenvalue weighted by Crippen LogP contribution is -2.16. The van der Waals surface area contributed by atoms with Crippen LogP contribution < -0.4 is 10.1 Å². The third kappa shape index (κ3) is 5.84. The lowest BCUT2D eigenvalue weighted by atomic mass is 10.1. The molecule has 0 radical (unpaired) electrons. The van der Waals surface area contributed by atoms with Gasteiger partial charge in [0.25, 0.3) is 11.6 Å². The van der Waals surface area contributed by atoms with Gasteiger partial charge in [-0.15, -0.1) is 5.10 Å². The minimum atomic E-state index is -1.82. The summed E-state index contributed by atoms with van der Waals surface area (Å²) in [6.07, 6.45) is 13.0. The van der Waals surface area contributed by atoms with E-state index in [9.17, 15) is 4.39 Å². The molecule has 1 N–H and O–H groups in total. The van der Waals surface area contributed by atoms with E-state index in [0.29, 0.717) is 24.2 Å². The molecule has 2 heterocycles. The van der Waals surface area contributed by atoms with Gasteiger partial charge < -0.3 is 14.8 Å². The first-order valence-electron chi connectivity index (χ1n) is 11.2. The van der Waals surface area contributed by atoms with E-state index < -0.39 is 5.60 Å². The maximum Gasteiger partial charge on any atom is 0.290 e. The Labute approximate surface area is 205 Å². The van der Waals surface area contributed by atoms with Crippen LogP contribution in [-0.2, 0) is 4.74 Å². The highest BCUT2D eigenvalue weighted by Gasteiger charge is 2.21. The van der Waals surface area contributed by atoms with Crippen LogP contribution in [0.1, 0.15) is 13.3 Å². The summed E-state index contributed by atoms with van der Waals surface area (Å²) < 4.78 is 26.2. The fraction of sp³-hybridized carbons (Fsp3) is 0.192. The van der Waals surface area contributed by atoms with Crippen molar-refractivity contribution in [1.29, 1.82) is 0 Å². The molecule has 2 unspecified atom stereocenters. The summed E-state index contributed by atoms with van der Waals surface area (Å²) >= 11 is 0. The van der Waals surface area contributed by atoms with Crippen molar-refractivity contribution in [1.82, 2.24) is 14.8 Å². The molecule has 0 spiro atoms. The second-order valence-corrected chi connectivity index (χ2v) is 9.32. The smallest absolute Gasteiger partial charge is 0.290 e. The summed E-state index contributed by atoms with van der Waals surface area (Å²) in [5, 5.41) is 7.79. The van der Waals surface area contributed by atoms with Gasteiger partial charge in [0.05, 0.1) is 5.69 Å². The number of halogens is 1. The standard InChI is InChI=1S/C26H25FN5O2P/c1-26(27,35)34-22-14-12-21(13-15-22)32-17-28-24(31-32)19-8-10-20(11-9-19)29-25-30-23(16-33-25)18-6-4-2-3-5-7-18/h2-4,6-15,17,23H,5,16,35H2,1H3,(H,29,30)/t23-,26?/m1/s1. The van der Waals surface area contributed by atoms with Gasteiger partial charge in [-0.25, -0.2) is 14.7 Å². The summed E-state index contributed by atoms with van der Waals surface area (Å²) in [5.41, 5.74) is 1.88. The average Bonchev–Trinajstić information content (AvgIpc) is 3.43. The highest BCUT2D eigenvalue weighted by Crippen LogP contribution is 2.26. The van der Waals surface area contributed by atoms with Gasteiger partial charge in [-0.05, 0) is 60.5 Å². The SMILES string of the molecule is CC(F)(P)Oc1ccc(-n2cnc(-c3ccc(NC4=N[C@@H](C5=CCC=CC=C5)CO4)cc3)n2)cc1. The zero-order chi connectivity index (χ0) is 24.3. The number of allylic oxidation sites excluding steroid dienone is 4. The molecule has 0 bridgehead atoms. The second-order valence-electron chi connectivity index (χ2n) is 8.29. The lowest BCUT2D eigenvalue weighted by Gasteiger charge is -2.16. The van der Waals surface area contributed by atoms with Crippen LogP contribution in [0, 0.1) is 0 Å². The van der Waals surface area contributed by atoms with E-state index in [4.69, 9.17) is 9.47 Å². The molecule has 1 aromatic heterocycles. The second kappa shape index (κ2) is 9.84. The molecule has 178 valence electrons. The van der Waals surface area contributed by atoms with E-state index >= 15 is 0 Å². The Hall–Kier alpha value is -3.77. The van der Waals surface area contributed by atoms with Crippen molar-refractivity contribution in [2.45, 2.75) is 25.0 Å². The molecule has 5 rings (SSSR count). The number of amidine groups is 1. The summed E-state index contributed by atoms with van der Waals surface area (Å²) in [5.74, 6) is 1.02. The number of benzene rings is 2. The predicted molar refractivity (Wildman–Crippen MR) is 138 cm³/mol. The molecule has 3 aromatic rings. The number of aliphatic imine (C=N–C) groups is 1. The Morgan fingerprint density at radius 3 is 2.71 bits per heavy atom. The third-order valence-corrected chi connectivity index (χ3v) is 5.48. The summed E-state index contributed by atoms with van der Waals surface area (Å²) in [6.45, 7) is 1.85. The first kappa shape index (κ1) is 23.0. The first-order chi connectivity index (χ1) is 16.9. The van der Waals surface area contributed by atoms with Gasteiger partial charge in [0.1, 0.15) is 24.7 Å². The van der Waals surface area contributed by atoms with Gasteiger partial charge in [-0.2, -0.15) is 4.39 Å². The van der Waals surface area contributed by atoms with Gasteiger partial charge in [-0.3, -0.25) is 0 Å². The molecule has 0 saturated heterocycles. The Balaban J connectivity index is 1.23. The summed E-state index contributed by atoms with van der Waals surface area (Å²) in [7, 11) is 2.01. The zero-order valence-electron chi connectivity index (χ0n) is 19.1. The molecule has 9 heteroatoms. The highest BCUT2D eigenvalue weighted by molar-refractivity contribution is 7.18. The molecule has 1 aliphatic carbocycles. The number of rotatable bonds is 6. The summed E-state index contributed by atoms with van der Waals surface area (Å²) in [4.78, 5) is 9.09. The van der Waals surface area contributed by atoms with E-state index in [-0.39, 0.29) is 6.04 Å². The van der Waals surface area contributed by atoms with Crippen molar-refractivity contribution in [2.24, 2.45) is 4.99 Å². The number of alkyl halides is 1. The average molecular weight is 489 g/mol. The maximum atomic E-state index is 13.6. The van der Waals surface area contributed by atoms with Crippen LogP contribution in [0.4, 0.5) is 10.1 Å². The number of hydrogen-bond donors (Lipinski definition) is 1. The van der Waals surface area contributed by atoms with Gasteiger partial charge in [0, 0.05) is 18.2 Å². The fourth-order valence-corrected chi connectivity index (χ4v) is 3.84. The predicted octanol–water partition coefficient (Wildman–Crippen LogP) is 5.44. The van der Waals surface area contributed by atoms with Crippen LogP contribution in [-0.4, -0.2) is 39.0 Å². The molecular formula is C26H25FN5O2P. The normalized spacial score (nSPS) is 18.8. The van der Waals surface area contributed by atoms with Crippen LogP contribution >= 0.6 is 9.24 Å². The number of aromatic nitrogens is 3. The van der Waals surface area contributed by atoms with Gasteiger partial charge in [0.2, 0.25) is 0 Å². The monoisotopic (exact) mass is 489 g/mol. The minimum Gasteiger partial charge on any atom is -0.462 e. The van der Waals surface area contributed by atoms with Crippen molar-refractivity contribution >= 4 is 20.9 Å².